The zero-order valence-corrected chi connectivity index (χ0v) is 27.8. The van der Waals surface area contributed by atoms with Crippen molar-refractivity contribution >= 4 is 39.0 Å². The van der Waals surface area contributed by atoms with Crippen LogP contribution in [0.5, 0.6) is 0 Å². The van der Waals surface area contributed by atoms with Crippen LogP contribution in [-0.4, -0.2) is 0 Å². The van der Waals surface area contributed by atoms with Crippen LogP contribution in [0.15, 0.2) is 192 Å². The highest BCUT2D eigenvalue weighted by Gasteiger charge is 2.51. The van der Waals surface area contributed by atoms with Crippen LogP contribution in [0.2, 0.25) is 0 Å². The highest BCUT2D eigenvalue weighted by atomic mass is 16.3. The number of fused-ring (bicyclic) bond motifs is 13. The first-order valence-electron chi connectivity index (χ1n) is 17.6. The highest BCUT2D eigenvalue weighted by molar-refractivity contribution is 6.06. The van der Waals surface area contributed by atoms with Gasteiger partial charge in [0.15, 0.2) is 0 Å². The maximum atomic E-state index is 6.45. The molecule has 0 aliphatic heterocycles. The average molecular weight is 650 g/mol. The largest absolute Gasteiger partial charge is 0.456 e. The van der Waals surface area contributed by atoms with Crippen molar-refractivity contribution < 1.29 is 4.42 Å². The van der Waals surface area contributed by atoms with E-state index in [1.807, 2.05) is 12.1 Å². The maximum Gasteiger partial charge on any atom is 0.137 e. The molecule has 0 saturated carbocycles. The number of furan rings is 1. The van der Waals surface area contributed by atoms with Gasteiger partial charge in [-0.3, -0.25) is 0 Å². The minimum atomic E-state index is -0.377. The molecule has 0 fully saturated rings. The molecule has 0 saturated heterocycles. The maximum absolute atomic E-state index is 6.45. The topological polar surface area (TPSA) is 16.4 Å². The molecule has 2 heteroatoms. The Balaban J connectivity index is 1.18. The lowest BCUT2D eigenvalue weighted by atomic mass is 9.70. The van der Waals surface area contributed by atoms with Gasteiger partial charge in [0.05, 0.1) is 11.1 Å². The summed E-state index contributed by atoms with van der Waals surface area (Å²) in [6.07, 6.45) is 0. The first kappa shape index (κ1) is 28.2. The second-order valence-corrected chi connectivity index (χ2v) is 13.6. The Morgan fingerprint density at radius 3 is 1.59 bits per heavy atom. The van der Waals surface area contributed by atoms with Gasteiger partial charge in [0, 0.05) is 33.8 Å². The highest BCUT2D eigenvalue weighted by Crippen LogP contribution is 2.63. The minimum Gasteiger partial charge on any atom is -0.456 e. The van der Waals surface area contributed by atoms with E-state index in [9.17, 15) is 0 Å². The Kier molecular flexibility index (Phi) is 5.91. The molecule has 0 atom stereocenters. The Morgan fingerprint density at radius 1 is 0.353 bits per heavy atom. The standard InChI is InChI=1S/C49H31NO/c1-2-14-32(15-3-1)35-16-7-12-24-46(35)50(34-26-28-40-39-20-8-13-25-47(39)51-48(40)31-34)33-27-29-45-41(30-33)38-19-6-11-23-44(38)49(45)42-21-9-4-17-36(42)37-18-5-10-22-43(37)49/h1-31H. The fourth-order valence-corrected chi connectivity index (χ4v) is 9.04. The number of hydrogen-bond acceptors (Lipinski definition) is 2. The Labute approximate surface area is 296 Å². The van der Waals surface area contributed by atoms with Gasteiger partial charge in [-0.1, -0.05) is 146 Å². The Bertz CT molecular complexity index is 2780. The van der Waals surface area contributed by atoms with Crippen LogP contribution in [0.25, 0.3) is 55.3 Å². The number of benzene rings is 8. The first-order valence-corrected chi connectivity index (χ1v) is 17.6. The van der Waals surface area contributed by atoms with Crippen LogP contribution in [-0.2, 0) is 5.41 Å². The molecule has 2 aliphatic rings. The Hall–Kier alpha value is -6.64. The van der Waals surface area contributed by atoms with E-state index in [-0.39, 0.29) is 5.41 Å². The monoisotopic (exact) mass is 649 g/mol. The third-order valence-electron chi connectivity index (χ3n) is 11.1. The molecule has 8 aromatic carbocycles. The fourth-order valence-electron chi connectivity index (χ4n) is 9.04. The van der Waals surface area contributed by atoms with E-state index in [0.29, 0.717) is 0 Å². The van der Waals surface area contributed by atoms with Gasteiger partial charge < -0.3 is 9.32 Å². The molecule has 1 spiro atoms. The molecule has 0 amide bonds. The summed E-state index contributed by atoms with van der Waals surface area (Å²) in [6.45, 7) is 0. The lowest BCUT2D eigenvalue weighted by Gasteiger charge is -2.31. The van der Waals surface area contributed by atoms with Crippen molar-refractivity contribution in [2.45, 2.75) is 5.41 Å². The van der Waals surface area contributed by atoms with Crippen molar-refractivity contribution in [1.82, 2.24) is 0 Å². The van der Waals surface area contributed by atoms with E-state index < -0.39 is 0 Å². The molecular weight excluding hydrogens is 619 g/mol. The second-order valence-electron chi connectivity index (χ2n) is 13.6. The number of hydrogen-bond donors (Lipinski definition) is 0. The zero-order valence-electron chi connectivity index (χ0n) is 27.8. The Morgan fingerprint density at radius 2 is 0.863 bits per heavy atom. The third kappa shape index (κ3) is 3.87. The molecule has 0 radical (unpaired) electrons. The number of rotatable bonds is 4. The van der Waals surface area contributed by atoms with E-state index in [0.717, 1.165) is 39.0 Å². The van der Waals surface area contributed by atoms with Gasteiger partial charge >= 0.3 is 0 Å². The summed E-state index contributed by atoms with van der Waals surface area (Å²) in [6, 6.07) is 68.4. The number of nitrogens with zero attached hydrogens (tertiary/aromatic N) is 1. The smallest absolute Gasteiger partial charge is 0.137 e. The predicted molar refractivity (Wildman–Crippen MR) is 210 cm³/mol. The summed E-state index contributed by atoms with van der Waals surface area (Å²) in [4.78, 5) is 2.40. The lowest BCUT2D eigenvalue weighted by Crippen LogP contribution is -2.25. The molecule has 51 heavy (non-hydrogen) atoms. The quantitative estimate of drug-likeness (QED) is 0.189. The summed E-state index contributed by atoms with van der Waals surface area (Å²) in [7, 11) is 0. The SMILES string of the molecule is c1ccc(-c2ccccc2N(c2ccc3c(c2)-c2ccccc2C32c3ccccc3-c3ccccc32)c2ccc3c(c2)oc2ccccc23)cc1. The van der Waals surface area contributed by atoms with Gasteiger partial charge in [-0.25, -0.2) is 0 Å². The molecule has 1 heterocycles. The third-order valence-corrected chi connectivity index (χ3v) is 11.1. The van der Waals surface area contributed by atoms with Gasteiger partial charge in [-0.05, 0) is 86.5 Å². The van der Waals surface area contributed by atoms with Crippen molar-refractivity contribution in [3.8, 4) is 33.4 Å². The van der Waals surface area contributed by atoms with Crippen LogP contribution >= 0.6 is 0 Å². The van der Waals surface area contributed by atoms with E-state index in [4.69, 9.17) is 4.42 Å². The average Bonchev–Trinajstić information content (AvgIpc) is 3.82. The number of anilines is 3. The summed E-state index contributed by atoms with van der Waals surface area (Å²) < 4.78 is 6.45. The molecule has 1 aromatic heterocycles. The molecule has 0 unspecified atom stereocenters. The van der Waals surface area contributed by atoms with Gasteiger partial charge in [0.1, 0.15) is 11.2 Å². The van der Waals surface area contributed by atoms with Crippen LogP contribution in [0, 0.1) is 0 Å². The summed E-state index contributed by atoms with van der Waals surface area (Å²) in [5.41, 5.74) is 17.5. The van der Waals surface area contributed by atoms with E-state index >= 15 is 0 Å². The summed E-state index contributed by atoms with van der Waals surface area (Å²) in [5.74, 6) is 0. The van der Waals surface area contributed by atoms with Crippen LogP contribution < -0.4 is 4.90 Å². The van der Waals surface area contributed by atoms with E-state index in [1.165, 1.54) is 55.6 Å². The number of para-hydroxylation sites is 2. The molecular formula is C49H31NO. The van der Waals surface area contributed by atoms with Gasteiger partial charge in [0.2, 0.25) is 0 Å². The van der Waals surface area contributed by atoms with Gasteiger partial charge in [-0.15, -0.1) is 0 Å². The molecule has 11 rings (SSSR count). The van der Waals surface area contributed by atoms with Crippen molar-refractivity contribution in [2.75, 3.05) is 4.90 Å². The van der Waals surface area contributed by atoms with Crippen LogP contribution in [0.4, 0.5) is 17.1 Å². The van der Waals surface area contributed by atoms with Gasteiger partial charge in [0.25, 0.3) is 0 Å². The van der Waals surface area contributed by atoms with Crippen molar-refractivity contribution in [3.05, 3.63) is 210 Å². The predicted octanol–water partition coefficient (Wildman–Crippen LogP) is 13.1. The van der Waals surface area contributed by atoms with Crippen molar-refractivity contribution in [1.29, 1.82) is 0 Å². The van der Waals surface area contributed by atoms with E-state index in [1.54, 1.807) is 0 Å². The molecule has 2 nitrogen and oxygen atoms in total. The second kappa shape index (κ2) is 10.7. The van der Waals surface area contributed by atoms with Crippen LogP contribution in [0.1, 0.15) is 22.3 Å². The van der Waals surface area contributed by atoms with Crippen molar-refractivity contribution in [3.63, 3.8) is 0 Å². The zero-order chi connectivity index (χ0) is 33.5. The van der Waals surface area contributed by atoms with E-state index in [2.05, 4.69) is 181 Å². The summed E-state index contributed by atoms with van der Waals surface area (Å²) in [5, 5.41) is 2.25. The molecule has 0 bridgehead atoms. The molecule has 0 N–H and O–H groups in total. The molecule has 238 valence electrons. The fraction of sp³-hybridized carbons (Fsp3) is 0.0204. The van der Waals surface area contributed by atoms with Crippen molar-refractivity contribution in [2.24, 2.45) is 0 Å². The minimum absolute atomic E-state index is 0.377. The summed E-state index contributed by atoms with van der Waals surface area (Å²) >= 11 is 0. The van der Waals surface area contributed by atoms with Crippen LogP contribution in [0.3, 0.4) is 0 Å². The normalized spacial score (nSPS) is 13.3. The molecule has 2 aliphatic carbocycles. The lowest BCUT2D eigenvalue weighted by molar-refractivity contribution is 0.669. The molecule has 9 aromatic rings. The van der Waals surface area contributed by atoms with Gasteiger partial charge in [-0.2, -0.15) is 0 Å². The first-order chi connectivity index (χ1) is 25.3.